The molecule has 19 heavy (non-hydrogen) atoms. The Kier molecular flexibility index (Phi) is 3.92. The van der Waals surface area contributed by atoms with E-state index in [4.69, 9.17) is 10.2 Å². The fourth-order valence-corrected chi connectivity index (χ4v) is 3.16. The minimum Gasteiger partial charge on any atom is -0.481 e. The smallest absolute Gasteiger partial charge is 0.326 e. The van der Waals surface area contributed by atoms with Crippen molar-refractivity contribution in [3.05, 3.63) is 0 Å². The van der Waals surface area contributed by atoms with Crippen LogP contribution in [0.25, 0.3) is 0 Å². The van der Waals surface area contributed by atoms with Crippen LogP contribution in [-0.2, 0) is 9.59 Å². The second-order valence-electron chi connectivity index (χ2n) is 5.39. The molecule has 0 aromatic heterocycles. The Labute approximate surface area is 110 Å². The normalized spacial score (nSPS) is 29.8. The monoisotopic (exact) mass is 270 g/mol. The molecule has 2 saturated carbocycles. The zero-order chi connectivity index (χ0) is 14.0. The summed E-state index contributed by atoms with van der Waals surface area (Å²) in [5, 5.41) is 22.4. The molecule has 2 fully saturated rings. The third-order valence-electron chi connectivity index (χ3n) is 4.04. The van der Waals surface area contributed by atoms with Crippen LogP contribution in [0.3, 0.4) is 0 Å². The van der Waals surface area contributed by atoms with Gasteiger partial charge in [0, 0.05) is 6.04 Å². The van der Waals surface area contributed by atoms with Crippen LogP contribution in [0.15, 0.2) is 0 Å². The van der Waals surface area contributed by atoms with Crippen LogP contribution >= 0.6 is 0 Å². The van der Waals surface area contributed by atoms with E-state index in [9.17, 15) is 14.4 Å². The maximum Gasteiger partial charge on any atom is 0.326 e. The topological polar surface area (TPSA) is 116 Å². The van der Waals surface area contributed by atoms with Gasteiger partial charge >= 0.3 is 18.0 Å². The first kappa shape index (κ1) is 13.6. The highest BCUT2D eigenvalue weighted by Crippen LogP contribution is 2.44. The maximum atomic E-state index is 11.7. The van der Waals surface area contributed by atoms with Gasteiger partial charge in [0.2, 0.25) is 0 Å². The summed E-state index contributed by atoms with van der Waals surface area (Å²) in [5.41, 5.74) is 0. The number of amides is 2. The molecule has 2 bridgehead atoms. The first-order valence-corrected chi connectivity index (χ1v) is 6.47. The molecular formula is C12H18N2O5. The van der Waals surface area contributed by atoms with Crippen molar-refractivity contribution in [1.29, 1.82) is 0 Å². The van der Waals surface area contributed by atoms with E-state index in [1.165, 1.54) is 6.42 Å². The molecule has 106 valence electrons. The van der Waals surface area contributed by atoms with Crippen molar-refractivity contribution in [3.63, 3.8) is 0 Å². The van der Waals surface area contributed by atoms with Crippen LogP contribution in [0.2, 0.25) is 0 Å². The molecule has 7 heteroatoms. The van der Waals surface area contributed by atoms with Gasteiger partial charge in [-0.05, 0) is 31.1 Å². The second-order valence-corrected chi connectivity index (χ2v) is 5.39. The van der Waals surface area contributed by atoms with Gasteiger partial charge in [0.05, 0.1) is 6.42 Å². The Balaban J connectivity index is 1.82. The predicted octanol–water partition coefficient (Wildman–Crippen LogP) is 0.402. The Morgan fingerprint density at radius 3 is 2.37 bits per heavy atom. The van der Waals surface area contributed by atoms with Crippen molar-refractivity contribution in [2.45, 2.75) is 44.2 Å². The van der Waals surface area contributed by atoms with Gasteiger partial charge in [-0.15, -0.1) is 0 Å². The van der Waals surface area contributed by atoms with E-state index in [0.717, 1.165) is 19.3 Å². The number of aliphatic carboxylic acids is 2. The lowest BCUT2D eigenvalue weighted by molar-refractivity contribution is -0.145. The van der Waals surface area contributed by atoms with Gasteiger partial charge < -0.3 is 20.8 Å². The van der Waals surface area contributed by atoms with Crippen molar-refractivity contribution in [1.82, 2.24) is 10.6 Å². The summed E-state index contributed by atoms with van der Waals surface area (Å²) >= 11 is 0. The highest BCUT2D eigenvalue weighted by Gasteiger charge is 2.40. The van der Waals surface area contributed by atoms with Gasteiger partial charge in [-0.3, -0.25) is 4.79 Å². The van der Waals surface area contributed by atoms with Gasteiger partial charge in [-0.25, -0.2) is 9.59 Å². The molecule has 7 nitrogen and oxygen atoms in total. The Bertz CT molecular complexity index is 398. The lowest BCUT2D eigenvalue weighted by Crippen LogP contribution is -2.50. The largest absolute Gasteiger partial charge is 0.481 e. The maximum absolute atomic E-state index is 11.7. The minimum atomic E-state index is -1.39. The third kappa shape index (κ3) is 3.36. The predicted molar refractivity (Wildman–Crippen MR) is 64.6 cm³/mol. The summed E-state index contributed by atoms with van der Waals surface area (Å²) in [7, 11) is 0. The zero-order valence-corrected chi connectivity index (χ0v) is 10.5. The summed E-state index contributed by atoms with van der Waals surface area (Å²) in [6.45, 7) is 0. The van der Waals surface area contributed by atoms with Crippen LogP contribution in [-0.4, -0.2) is 40.3 Å². The molecule has 4 N–H and O–H groups in total. The molecule has 0 spiro atoms. The average molecular weight is 270 g/mol. The van der Waals surface area contributed by atoms with Crippen molar-refractivity contribution in [3.8, 4) is 0 Å². The van der Waals surface area contributed by atoms with Gasteiger partial charge in [0.25, 0.3) is 0 Å². The summed E-state index contributed by atoms with van der Waals surface area (Å²) in [6.07, 6.45) is 3.75. The van der Waals surface area contributed by atoms with E-state index in [1.807, 2.05) is 0 Å². The molecular weight excluding hydrogens is 252 g/mol. The average Bonchev–Trinajstić information content (AvgIpc) is 2.89. The lowest BCUT2D eigenvalue weighted by atomic mass is 9.95. The number of rotatable bonds is 5. The van der Waals surface area contributed by atoms with Crippen LogP contribution in [0.4, 0.5) is 4.79 Å². The molecule has 0 saturated heterocycles. The van der Waals surface area contributed by atoms with Gasteiger partial charge in [0.1, 0.15) is 6.04 Å². The van der Waals surface area contributed by atoms with E-state index in [-0.39, 0.29) is 6.04 Å². The first-order chi connectivity index (χ1) is 8.95. The SMILES string of the molecule is O=C(O)CC(NC(=O)NC1CC2CCC1C2)C(=O)O. The molecule has 0 aromatic carbocycles. The number of carbonyl (C=O) groups is 3. The Morgan fingerprint density at radius 1 is 1.16 bits per heavy atom. The molecule has 0 aliphatic heterocycles. The molecule has 4 unspecified atom stereocenters. The van der Waals surface area contributed by atoms with E-state index in [2.05, 4.69) is 10.6 Å². The van der Waals surface area contributed by atoms with E-state index in [0.29, 0.717) is 11.8 Å². The highest BCUT2D eigenvalue weighted by atomic mass is 16.4. The molecule has 0 aromatic rings. The fourth-order valence-electron chi connectivity index (χ4n) is 3.16. The molecule has 2 rings (SSSR count). The molecule has 2 aliphatic carbocycles. The van der Waals surface area contributed by atoms with E-state index in [1.54, 1.807) is 0 Å². The number of hydrogen-bond acceptors (Lipinski definition) is 3. The Hall–Kier alpha value is -1.79. The van der Waals surface area contributed by atoms with Crippen molar-refractivity contribution >= 4 is 18.0 Å². The quantitative estimate of drug-likeness (QED) is 0.577. The van der Waals surface area contributed by atoms with Crippen molar-refractivity contribution in [2.75, 3.05) is 0 Å². The number of urea groups is 1. The zero-order valence-electron chi connectivity index (χ0n) is 10.5. The van der Waals surface area contributed by atoms with Gasteiger partial charge in [-0.1, -0.05) is 6.42 Å². The van der Waals surface area contributed by atoms with Crippen LogP contribution in [0, 0.1) is 11.8 Å². The molecule has 4 atom stereocenters. The van der Waals surface area contributed by atoms with Crippen LogP contribution in [0.5, 0.6) is 0 Å². The minimum absolute atomic E-state index is 0.0954. The number of carboxylic acid groups (broad SMARTS) is 2. The Morgan fingerprint density at radius 2 is 1.89 bits per heavy atom. The van der Waals surface area contributed by atoms with E-state index >= 15 is 0 Å². The summed E-state index contributed by atoms with van der Waals surface area (Å²) < 4.78 is 0. The van der Waals surface area contributed by atoms with Crippen molar-refractivity contribution in [2.24, 2.45) is 11.8 Å². The van der Waals surface area contributed by atoms with Crippen LogP contribution in [0.1, 0.15) is 32.1 Å². The molecule has 0 heterocycles. The number of hydrogen-bond donors (Lipinski definition) is 4. The van der Waals surface area contributed by atoms with Gasteiger partial charge in [-0.2, -0.15) is 0 Å². The molecule has 2 aliphatic rings. The number of carbonyl (C=O) groups excluding carboxylic acids is 1. The standard InChI is InChI=1S/C12H18N2O5/c15-10(16)5-9(11(17)18)14-12(19)13-8-4-6-1-2-7(8)3-6/h6-9H,1-5H2,(H,15,16)(H,17,18)(H2,13,14,19). The molecule has 2 amide bonds. The summed E-state index contributed by atoms with van der Waals surface area (Å²) in [6, 6.07) is -1.89. The molecule has 0 radical (unpaired) electrons. The van der Waals surface area contributed by atoms with Gasteiger partial charge in [0.15, 0.2) is 0 Å². The summed E-state index contributed by atoms with van der Waals surface area (Å²) in [5.74, 6) is -1.44. The lowest BCUT2D eigenvalue weighted by Gasteiger charge is -2.24. The van der Waals surface area contributed by atoms with Crippen LogP contribution < -0.4 is 10.6 Å². The van der Waals surface area contributed by atoms with Crippen molar-refractivity contribution < 1.29 is 24.6 Å². The van der Waals surface area contributed by atoms with E-state index < -0.39 is 30.4 Å². The second kappa shape index (κ2) is 5.46. The third-order valence-corrected chi connectivity index (χ3v) is 4.04. The first-order valence-electron chi connectivity index (χ1n) is 6.47. The summed E-state index contributed by atoms with van der Waals surface area (Å²) in [4.78, 5) is 33.0. The number of fused-ring (bicyclic) bond motifs is 2. The fraction of sp³-hybridized carbons (Fsp3) is 0.750. The number of carboxylic acids is 2. The highest BCUT2D eigenvalue weighted by molar-refractivity contribution is 5.86. The number of nitrogens with one attached hydrogen (secondary N) is 2.